The number of esters is 1. The number of urea groups is 1. The van der Waals surface area contributed by atoms with Gasteiger partial charge in [-0.15, -0.1) is 0 Å². The summed E-state index contributed by atoms with van der Waals surface area (Å²) in [7, 11) is 0. The van der Waals surface area contributed by atoms with Crippen LogP contribution in [0.2, 0.25) is 0 Å². The van der Waals surface area contributed by atoms with Crippen LogP contribution in [0, 0.1) is 23.2 Å². The number of hydrogen-bond donors (Lipinski definition) is 4. The molecule has 1 aliphatic carbocycles. The van der Waals surface area contributed by atoms with Crippen LogP contribution < -0.4 is 21.3 Å². The van der Waals surface area contributed by atoms with Gasteiger partial charge < -0.3 is 30.9 Å². The summed E-state index contributed by atoms with van der Waals surface area (Å²) in [5, 5.41) is 11.2. The van der Waals surface area contributed by atoms with Crippen LogP contribution in [0.5, 0.6) is 0 Å². The highest BCUT2D eigenvalue weighted by Gasteiger charge is 2.47. The summed E-state index contributed by atoms with van der Waals surface area (Å²) in [6, 6.07) is -4.42. The van der Waals surface area contributed by atoms with Crippen molar-refractivity contribution in [2.24, 2.45) is 23.2 Å². The Balaban J connectivity index is 2.40. The molecule has 2 rings (SSSR count). The molecule has 49 heavy (non-hydrogen) atoms. The molecule has 12 heteroatoms. The number of nitrogens with zero attached hydrogens (tertiary/aromatic N) is 1. The van der Waals surface area contributed by atoms with Crippen LogP contribution in [-0.2, 0) is 28.7 Å². The topological polar surface area (TPSA) is 163 Å². The van der Waals surface area contributed by atoms with Crippen molar-refractivity contribution in [1.82, 2.24) is 26.2 Å². The van der Waals surface area contributed by atoms with Gasteiger partial charge in [-0.25, -0.2) is 9.59 Å². The van der Waals surface area contributed by atoms with E-state index in [-0.39, 0.29) is 23.7 Å². The van der Waals surface area contributed by atoms with E-state index in [1.54, 1.807) is 25.7 Å². The SMILES string of the molecule is CCCCC(NC(=O)[C@@H]1[C@@H](C(C)C)CCN1C(=O)[C@@H](NC(=O)N[C@H](C(=O)OC(C)(C)C)C(C)(C)C)C1CCCCC1)C(=O)C(=O)NCCC. The normalized spacial score (nSPS) is 20.6. The molecule has 1 aliphatic heterocycles. The molecule has 12 nitrogen and oxygen atoms in total. The first kappa shape index (κ1) is 42.0. The Hall–Kier alpha value is -3.18. The Morgan fingerprint density at radius 3 is 2.00 bits per heavy atom. The zero-order valence-corrected chi connectivity index (χ0v) is 31.8. The van der Waals surface area contributed by atoms with E-state index in [0.717, 1.165) is 38.5 Å². The van der Waals surface area contributed by atoms with Crippen LogP contribution in [0.3, 0.4) is 0 Å². The summed E-state index contributed by atoms with van der Waals surface area (Å²) in [5.41, 5.74) is -1.43. The number of carbonyl (C=O) groups excluding carboxylic acids is 6. The number of hydrogen-bond acceptors (Lipinski definition) is 7. The maximum atomic E-state index is 14.6. The highest BCUT2D eigenvalue weighted by molar-refractivity contribution is 6.38. The van der Waals surface area contributed by atoms with E-state index >= 15 is 0 Å². The molecule has 1 saturated carbocycles. The van der Waals surface area contributed by atoms with Gasteiger partial charge >= 0.3 is 12.0 Å². The number of amides is 5. The molecule has 1 unspecified atom stereocenters. The average Bonchev–Trinajstić information content (AvgIpc) is 3.47. The summed E-state index contributed by atoms with van der Waals surface area (Å²) >= 11 is 0. The molecular formula is C37H65N5O7. The summed E-state index contributed by atoms with van der Waals surface area (Å²) in [5.74, 6) is -3.08. The van der Waals surface area contributed by atoms with Gasteiger partial charge in [0.1, 0.15) is 23.7 Å². The summed E-state index contributed by atoms with van der Waals surface area (Å²) < 4.78 is 5.61. The number of nitrogens with one attached hydrogen (secondary N) is 4. The van der Waals surface area contributed by atoms with E-state index in [4.69, 9.17) is 4.74 Å². The molecule has 5 atom stereocenters. The molecule has 0 aromatic heterocycles. The van der Waals surface area contributed by atoms with Crippen LogP contribution in [0.1, 0.15) is 133 Å². The first-order valence-corrected chi connectivity index (χ1v) is 18.5. The van der Waals surface area contributed by atoms with Crippen molar-refractivity contribution in [2.75, 3.05) is 13.1 Å². The third-order valence-corrected chi connectivity index (χ3v) is 9.55. The second kappa shape index (κ2) is 18.7. The van der Waals surface area contributed by atoms with E-state index in [0.29, 0.717) is 38.8 Å². The molecule has 2 aliphatic rings. The summed E-state index contributed by atoms with van der Waals surface area (Å²) in [6.45, 7) is 19.3. The molecule has 280 valence electrons. The minimum Gasteiger partial charge on any atom is -0.458 e. The number of rotatable bonds is 15. The Morgan fingerprint density at radius 1 is 0.837 bits per heavy atom. The highest BCUT2D eigenvalue weighted by atomic mass is 16.6. The minimum absolute atomic E-state index is 0.0527. The van der Waals surface area contributed by atoms with E-state index in [1.165, 1.54) is 0 Å². The molecule has 1 saturated heterocycles. The van der Waals surface area contributed by atoms with Crippen molar-refractivity contribution in [2.45, 2.75) is 163 Å². The number of Topliss-reactive ketones (excluding diaryl/α,β-unsaturated/α-hetero) is 1. The van der Waals surface area contributed by atoms with Gasteiger partial charge in [0.2, 0.25) is 17.6 Å². The largest absolute Gasteiger partial charge is 0.458 e. The standard InChI is InChI=1S/C37H65N5O7/c1-11-13-19-26(29(43)32(45)38-21-12-2)39-31(44)28-25(23(3)4)20-22-42(28)33(46)27(24-17-15-14-16-18-24)40-35(48)41-30(36(5,6)7)34(47)49-37(8,9)10/h23-28,30H,11-22H2,1-10H3,(H,38,45)(H,39,44)(H2,40,41,48)/t25-,26?,27+,28+,30-/m1/s1. The maximum Gasteiger partial charge on any atom is 0.329 e. The van der Waals surface area contributed by atoms with E-state index in [9.17, 15) is 28.8 Å². The molecular weight excluding hydrogens is 626 g/mol. The first-order valence-electron chi connectivity index (χ1n) is 18.5. The lowest BCUT2D eigenvalue weighted by atomic mass is 9.82. The number of likely N-dealkylation sites (tertiary alicyclic amines) is 1. The zero-order chi connectivity index (χ0) is 37.1. The lowest BCUT2D eigenvalue weighted by molar-refractivity contribution is -0.160. The molecule has 1 heterocycles. The number of ether oxygens (including phenoxy) is 1. The molecule has 0 bridgehead atoms. The molecule has 4 N–H and O–H groups in total. The third-order valence-electron chi connectivity index (χ3n) is 9.55. The second-order valence-corrected chi connectivity index (χ2v) is 16.3. The van der Waals surface area contributed by atoms with Crippen molar-refractivity contribution in [3.05, 3.63) is 0 Å². The van der Waals surface area contributed by atoms with Crippen LogP contribution in [0.15, 0.2) is 0 Å². The fourth-order valence-electron chi connectivity index (χ4n) is 6.85. The van der Waals surface area contributed by atoms with Gasteiger partial charge in [0.15, 0.2) is 0 Å². The number of unbranched alkanes of at least 4 members (excludes halogenated alkanes) is 1. The number of ketones is 1. The average molecular weight is 692 g/mol. The Morgan fingerprint density at radius 2 is 1.47 bits per heavy atom. The Kier molecular flexibility index (Phi) is 16.0. The van der Waals surface area contributed by atoms with Crippen LogP contribution in [-0.4, -0.2) is 83.3 Å². The van der Waals surface area contributed by atoms with E-state index in [2.05, 4.69) is 21.3 Å². The Bertz CT molecular complexity index is 1150. The fraction of sp³-hybridized carbons (Fsp3) is 0.838. The second-order valence-electron chi connectivity index (χ2n) is 16.3. The lowest BCUT2D eigenvalue weighted by Gasteiger charge is -2.37. The van der Waals surface area contributed by atoms with Crippen molar-refractivity contribution < 1.29 is 33.5 Å². The van der Waals surface area contributed by atoms with Gasteiger partial charge in [0.05, 0.1) is 6.04 Å². The number of carbonyl (C=O) groups is 6. The fourth-order valence-corrected chi connectivity index (χ4v) is 6.85. The maximum absolute atomic E-state index is 14.6. The smallest absolute Gasteiger partial charge is 0.329 e. The van der Waals surface area contributed by atoms with E-state index < -0.39 is 64.8 Å². The van der Waals surface area contributed by atoms with Gasteiger partial charge in [-0.2, -0.15) is 0 Å². The molecule has 0 aromatic carbocycles. The summed E-state index contributed by atoms with van der Waals surface area (Å²) in [6.07, 6.45) is 7.34. The van der Waals surface area contributed by atoms with Crippen LogP contribution >= 0.6 is 0 Å². The highest BCUT2D eigenvalue weighted by Crippen LogP contribution is 2.34. The molecule has 0 aromatic rings. The summed E-state index contributed by atoms with van der Waals surface area (Å²) in [4.78, 5) is 82.8. The van der Waals surface area contributed by atoms with Crippen molar-refractivity contribution in [3.63, 3.8) is 0 Å². The van der Waals surface area contributed by atoms with Crippen LogP contribution in [0.4, 0.5) is 4.79 Å². The third kappa shape index (κ3) is 12.6. The minimum atomic E-state index is -1.00. The van der Waals surface area contributed by atoms with Gasteiger partial charge in [-0.3, -0.25) is 19.2 Å². The monoisotopic (exact) mass is 691 g/mol. The van der Waals surface area contributed by atoms with Gasteiger partial charge in [0.25, 0.3) is 5.91 Å². The van der Waals surface area contributed by atoms with E-state index in [1.807, 2.05) is 48.5 Å². The molecule has 5 amide bonds. The first-order chi connectivity index (χ1) is 22.8. The Labute approximate surface area is 294 Å². The van der Waals surface area contributed by atoms with Crippen LogP contribution in [0.25, 0.3) is 0 Å². The van der Waals surface area contributed by atoms with Gasteiger partial charge in [-0.1, -0.05) is 80.6 Å². The molecule has 0 spiro atoms. The van der Waals surface area contributed by atoms with Crippen molar-refractivity contribution >= 4 is 35.5 Å². The zero-order valence-electron chi connectivity index (χ0n) is 31.8. The molecule has 2 fully saturated rings. The quantitative estimate of drug-likeness (QED) is 0.144. The lowest BCUT2D eigenvalue weighted by Crippen LogP contribution is -2.61. The predicted molar refractivity (Wildman–Crippen MR) is 189 cm³/mol. The van der Waals surface area contributed by atoms with Gasteiger partial charge in [-0.05, 0) is 76.0 Å². The van der Waals surface area contributed by atoms with Crippen molar-refractivity contribution in [1.29, 1.82) is 0 Å². The van der Waals surface area contributed by atoms with Gasteiger partial charge in [0, 0.05) is 13.1 Å². The van der Waals surface area contributed by atoms with Crippen molar-refractivity contribution in [3.8, 4) is 0 Å². The predicted octanol–water partition coefficient (Wildman–Crippen LogP) is 4.63. The molecule has 0 radical (unpaired) electrons.